The summed E-state index contributed by atoms with van der Waals surface area (Å²) >= 11 is 1.60. The number of hydrogen-bond donors (Lipinski definition) is 1. The first-order valence-electron chi connectivity index (χ1n) is 7.15. The van der Waals surface area contributed by atoms with Crippen molar-refractivity contribution in [2.24, 2.45) is 0 Å². The zero-order valence-electron chi connectivity index (χ0n) is 13.2. The molecule has 22 heavy (non-hydrogen) atoms. The standard InChI is InChI=1S/C18H21NO2S/c1-13-8-14(2)10-16(9-13)19-18(20)12-22-11-15-4-6-17(21-3)7-5-15/h4-10H,11-12H2,1-3H3,(H,19,20). The van der Waals surface area contributed by atoms with E-state index < -0.39 is 0 Å². The van der Waals surface area contributed by atoms with Crippen LogP contribution in [-0.4, -0.2) is 18.8 Å². The molecule has 0 spiro atoms. The molecule has 0 saturated heterocycles. The Bertz CT molecular complexity index is 618. The highest BCUT2D eigenvalue weighted by Crippen LogP contribution is 2.18. The highest BCUT2D eigenvalue weighted by molar-refractivity contribution is 7.99. The van der Waals surface area contributed by atoms with Crippen LogP contribution in [-0.2, 0) is 10.5 Å². The molecule has 0 aliphatic carbocycles. The van der Waals surface area contributed by atoms with Crippen molar-refractivity contribution in [2.45, 2.75) is 19.6 Å². The van der Waals surface area contributed by atoms with Gasteiger partial charge in [0, 0.05) is 11.4 Å². The summed E-state index contributed by atoms with van der Waals surface area (Å²) in [7, 11) is 1.65. The number of anilines is 1. The van der Waals surface area contributed by atoms with Gasteiger partial charge in [-0.1, -0.05) is 18.2 Å². The van der Waals surface area contributed by atoms with Gasteiger partial charge in [0.2, 0.25) is 5.91 Å². The Morgan fingerprint density at radius 1 is 1.09 bits per heavy atom. The third kappa shape index (κ3) is 5.11. The number of benzene rings is 2. The van der Waals surface area contributed by atoms with Gasteiger partial charge in [-0.25, -0.2) is 0 Å². The fourth-order valence-corrected chi connectivity index (χ4v) is 3.02. The molecule has 0 bridgehead atoms. The number of hydrogen-bond acceptors (Lipinski definition) is 3. The van der Waals surface area contributed by atoms with Gasteiger partial charge in [-0.3, -0.25) is 4.79 Å². The van der Waals surface area contributed by atoms with E-state index in [-0.39, 0.29) is 5.91 Å². The molecule has 1 amide bonds. The van der Waals surface area contributed by atoms with E-state index >= 15 is 0 Å². The largest absolute Gasteiger partial charge is 0.497 e. The maximum Gasteiger partial charge on any atom is 0.234 e. The third-order valence-electron chi connectivity index (χ3n) is 3.17. The summed E-state index contributed by atoms with van der Waals surface area (Å²) in [6.45, 7) is 4.06. The van der Waals surface area contributed by atoms with Crippen LogP contribution in [0.5, 0.6) is 5.75 Å². The maximum atomic E-state index is 12.0. The van der Waals surface area contributed by atoms with Crippen molar-refractivity contribution < 1.29 is 9.53 Å². The molecule has 0 aliphatic heterocycles. The smallest absolute Gasteiger partial charge is 0.234 e. The number of ether oxygens (including phenoxy) is 1. The van der Waals surface area contributed by atoms with E-state index in [0.717, 1.165) is 28.3 Å². The first-order valence-corrected chi connectivity index (χ1v) is 8.31. The number of carbonyl (C=O) groups is 1. The Morgan fingerprint density at radius 2 is 1.73 bits per heavy atom. The van der Waals surface area contributed by atoms with Gasteiger partial charge >= 0.3 is 0 Å². The van der Waals surface area contributed by atoms with Crippen molar-refractivity contribution in [3.63, 3.8) is 0 Å². The molecule has 2 aromatic carbocycles. The van der Waals surface area contributed by atoms with Crippen molar-refractivity contribution in [2.75, 3.05) is 18.2 Å². The van der Waals surface area contributed by atoms with Crippen molar-refractivity contribution in [3.05, 3.63) is 59.2 Å². The molecule has 2 aromatic rings. The second kappa shape index (κ2) is 7.90. The molecule has 1 N–H and O–H groups in total. The van der Waals surface area contributed by atoms with E-state index in [2.05, 4.69) is 11.4 Å². The summed E-state index contributed by atoms with van der Waals surface area (Å²) in [6, 6.07) is 14.0. The molecule has 3 nitrogen and oxygen atoms in total. The van der Waals surface area contributed by atoms with Crippen LogP contribution >= 0.6 is 11.8 Å². The molecule has 2 rings (SSSR count). The molecular weight excluding hydrogens is 294 g/mol. The Morgan fingerprint density at radius 3 is 2.32 bits per heavy atom. The number of thioether (sulfide) groups is 1. The third-order valence-corrected chi connectivity index (χ3v) is 4.17. The van der Waals surface area contributed by atoms with E-state index in [1.165, 1.54) is 5.56 Å². The maximum absolute atomic E-state index is 12.0. The van der Waals surface area contributed by atoms with E-state index in [0.29, 0.717) is 5.75 Å². The molecular formula is C18H21NO2S. The molecule has 0 aliphatic rings. The summed E-state index contributed by atoms with van der Waals surface area (Å²) < 4.78 is 5.13. The van der Waals surface area contributed by atoms with E-state index in [9.17, 15) is 4.79 Å². The molecule has 0 saturated carbocycles. The highest BCUT2D eigenvalue weighted by Gasteiger charge is 2.04. The molecule has 0 aromatic heterocycles. The molecule has 0 unspecified atom stereocenters. The van der Waals surface area contributed by atoms with Gasteiger partial charge < -0.3 is 10.1 Å². The predicted octanol–water partition coefficient (Wildman–Crippen LogP) is 4.18. The topological polar surface area (TPSA) is 38.3 Å². The fraction of sp³-hybridized carbons (Fsp3) is 0.278. The average Bonchev–Trinajstić information content (AvgIpc) is 2.47. The number of methoxy groups -OCH3 is 1. The Kier molecular flexibility index (Phi) is 5.90. The summed E-state index contributed by atoms with van der Waals surface area (Å²) in [6.07, 6.45) is 0. The van der Waals surface area contributed by atoms with Gasteiger partial charge in [0.1, 0.15) is 5.75 Å². The number of rotatable bonds is 6. The van der Waals surface area contributed by atoms with Crippen LogP contribution in [0.15, 0.2) is 42.5 Å². The lowest BCUT2D eigenvalue weighted by molar-refractivity contribution is -0.113. The second-order valence-electron chi connectivity index (χ2n) is 5.27. The zero-order valence-corrected chi connectivity index (χ0v) is 14.0. The molecule has 4 heteroatoms. The zero-order chi connectivity index (χ0) is 15.9. The predicted molar refractivity (Wildman–Crippen MR) is 93.7 cm³/mol. The number of aryl methyl sites for hydroxylation is 2. The Labute approximate surface area is 136 Å². The van der Waals surface area contributed by atoms with Crippen LogP contribution in [0.25, 0.3) is 0 Å². The van der Waals surface area contributed by atoms with Crippen LogP contribution in [0.1, 0.15) is 16.7 Å². The molecule has 0 fully saturated rings. The van der Waals surface area contributed by atoms with Gasteiger partial charge in [-0.15, -0.1) is 11.8 Å². The van der Waals surface area contributed by atoms with Crippen molar-refractivity contribution in [1.29, 1.82) is 0 Å². The minimum Gasteiger partial charge on any atom is -0.497 e. The quantitative estimate of drug-likeness (QED) is 0.869. The van der Waals surface area contributed by atoms with Crippen LogP contribution in [0.3, 0.4) is 0 Å². The monoisotopic (exact) mass is 315 g/mol. The minimum atomic E-state index is 0.0310. The van der Waals surface area contributed by atoms with Gasteiger partial charge in [0.25, 0.3) is 0 Å². The van der Waals surface area contributed by atoms with Crippen LogP contribution in [0.4, 0.5) is 5.69 Å². The second-order valence-corrected chi connectivity index (χ2v) is 6.25. The molecule has 0 heterocycles. The summed E-state index contributed by atoms with van der Waals surface area (Å²) in [5.41, 5.74) is 4.36. The Hall–Kier alpha value is -1.94. The average molecular weight is 315 g/mol. The first kappa shape index (κ1) is 16.4. The SMILES string of the molecule is COc1ccc(CSCC(=O)Nc2cc(C)cc(C)c2)cc1. The lowest BCUT2D eigenvalue weighted by atomic mass is 10.1. The normalized spacial score (nSPS) is 10.3. The van der Waals surface area contributed by atoms with E-state index in [4.69, 9.17) is 4.74 Å². The van der Waals surface area contributed by atoms with Crippen LogP contribution < -0.4 is 10.1 Å². The highest BCUT2D eigenvalue weighted by atomic mass is 32.2. The lowest BCUT2D eigenvalue weighted by Crippen LogP contribution is -2.14. The summed E-state index contributed by atoms with van der Waals surface area (Å²) in [5.74, 6) is 2.13. The van der Waals surface area contributed by atoms with Crippen molar-refractivity contribution in [3.8, 4) is 5.75 Å². The first-order chi connectivity index (χ1) is 10.6. The molecule has 0 radical (unpaired) electrons. The fourth-order valence-electron chi connectivity index (χ4n) is 2.23. The number of amides is 1. The van der Waals surface area contributed by atoms with E-state index in [1.54, 1.807) is 18.9 Å². The molecule has 116 valence electrons. The van der Waals surface area contributed by atoms with Crippen molar-refractivity contribution in [1.82, 2.24) is 0 Å². The van der Waals surface area contributed by atoms with Gasteiger partial charge in [0.05, 0.1) is 12.9 Å². The molecule has 0 atom stereocenters. The number of carbonyl (C=O) groups excluding carboxylic acids is 1. The lowest BCUT2D eigenvalue weighted by Gasteiger charge is -2.08. The van der Waals surface area contributed by atoms with Gasteiger partial charge in [0.15, 0.2) is 0 Å². The van der Waals surface area contributed by atoms with Gasteiger partial charge in [-0.05, 0) is 54.8 Å². The van der Waals surface area contributed by atoms with E-state index in [1.807, 2.05) is 50.2 Å². The number of nitrogens with one attached hydrogen (secondary N) is 1. The Balaban J connectivity index is 1.79. The van der Waals surface area contributed by atoms with Gasteiger partial charge in [-0.2, -0.15) is 0 Å². The van der Waals surface area contributed by atoms with Crippen LogP contribution in [0.2, 0.25) is 0 Å². The van der Waals surface area contributed by atoms with Crippen LogP contribution in [0, 0.1) is 13.8 Å². The van der Waals surface area contributed by atoms with Crippen molar-refractivity contribution >= 4 is 23.4 Å². The summed E-state index contributed by atoms with van der Waals surface area (Å²) in [5, 5.41) is 2.95. The minimum absolute atomic E-state index is 0.0310. The summed E-state index contributed by atoms with van der Waals surface area (Å²) in [4.78, 5) is 12.0.